The number of nitrogens with one attached hydrogen (secondary N) is 2. The quantitative estimate of drug-likeness (QED) is 0.659. The van der Waals surface area contributed by atoms with Crippen LogP contribution in [0.25, 0.3) is 5.82 Å². The molecule has 0 saturated heterocycles. The lowest BCUT2D eigenvalue weighted by Gasteiger charge is -2.25. The van der Waals surface area contributed by atoms with E-state index in [4.69, 9.17) is 4.74 Å². The highest BCUT2D eigenvalue weighted by Crippen LogP contribution is 2.42. The standard InChI is InChI=1S/C19H17F2N5O4/c1-9-17-11(10-3-4-12(30-19(20)21)13(7-10)29-2)8-16(28)22-18(17)26(25-9)14-5-6-15(27)24-23-14/h3-7,11,19H,8H2,1-2H3,(H,22,28)(H,24,27)/t11-/m0/s1. The van der Waals surface area contributed by atoms with Gasteiger partial charge in [-0.1, -0.05) is 6.07 Å². The van der Waals surface area contributed by atoms with E-state index >= 15 is 0 Å². The second-order valence-electron chi connectivity index (χ2n) is 6.63. The van der Waals surface area contributed by atoms with Crippen molar-refractivity contribution in [3.8, 4) is 17.3 Å². The number of aromatic nitrogens is 4. The van der Waals surface area contributed by atoms with Crippen molar-refractivity contribution in [2.24, 2.45) is 0 Å². The van der Waals surface area contributed by atoms with Crippen LogP contribution < -0.4 is 20.3 Å². The molecule has 1 amide bonds. The average Bonchev–Trinajstić information content (AvgIpc) is 3.04. The number of rotatable bonds is 5. The maximum atomic E-state index is 12.6. The first kappa shape index (κ1) is 19.6. The number of carbonyl (C=O) groups excluding carboxylic acids is 1. The number of fused-ring (bicyclic) bond motifs is 1. The molecular weight excluding hydrogens is 400 g/mol. The van der Waals surface area contributed by atoms with Gasteiger partial charge in [-0.25, -0.2) is 5.10 Å². The van der Waals surface area contributed by atoms with Crippen LogP contribution >= 0.6 is 0 Å². The number of halogens is 2. The van der Waals surface area contributed by atoms with Crippen molar-refractivity contribution < 1.29 is 23.0 Å². The molecule has 4 rings (SSSR count). The Morgan fingerprint density at radius 3 is 2.67 bits per heavy atom. The third-order valence-corrected chi connectivity index (χ3v) is 4.79. The molecule has 2 aromatic heterocycles. The smallest absolute Gasteiger partial charge is 0.387 e. The van der Waals surface area contributed by atoms with Gasteiger partial charge in [0.15, 0.2) is 17.3 Å². The molecule has 1 aliphatic heterocycles. The third kappa shape index (κ3) is 3.49. The zero-order valence-corrected chi connectivity index (χ0v) is 16.0. The van der Waals surface area contributed by atoms with Crippen LogP contribution in [-0.2, 0) is 4.79 Å². The van der Waals surface area contributed by atoms with Gasteiger partial charge in [0.25, 0.3) is 5.56 Å². The van der Waals surface area contributed by atoms with Gasteiger partial charge in [-0.15, -0.1) is 0 Å². The van der Waals surface area contributed by atoms with Crippen LogP contribution in [0.15, 0.2) is 35.1 Å². The summed E-state index contributed by atoms with van der Waals surface area (Å²) in [6.07, 6.45) is 0.136. The van der Waals surface area contributed by atoms with E-state index in [2.05, 4.69) is 25.3 Å². The number of benzene rings is 1. The summed E-state index contributed by atoms with van der Waals surface area (Å²) in [4.78, 5) is 23.7. The SMILES string of the molecule is COc1cc([C@@H]2CC(=O)Nc3c2c(C)nn3-c2ccc(=O)[nH]n2)ccc1OC(F)F. The van der Waals surface area contributed by atoms with Gasteiger partial charge >= 0.3 is 6.61 Å². The van der Waals surface area contributed by atoms with Crippen molar-refractivity contribution in [1.82, 2.24) is 20.0 Å². The highest BCUT2D eigenvalue weighted by atomic mass is 19.3. The van der Waals surface area contributed by atoms with E-state index in [-0.39, 0.29) is 35.3 Å². The first-order valence-electron chi connectivity index (χ1n) is 8.95. The van der Waals surface area contributed by atoms with Crippen LogP contribution in [0.5, 0.6) is 11.5 Å². The minimum Gasteiger partial charge on any atom is -0.493 e. The number of H-pyrrole nitrogens is 1. The van der Waals surface area contributed by atoms with Gasteiger partial charge in [0, 0.05) is 24.0 Å². The summed E-state index contributed by atoms with van der Waals surface area (Å²) in [7, 11) is 1.35. The monoisotopic (exact) mass is 417 g/mol. The Kier molecular flexibility index (Phi) is 4.94. The van der Waals surface area contributed by atoms with E-state index in [0.717, 1.165) is 5.56 Å². The third-order valence-electron chi connectivity index (χ3n) is 4.79. The van der Waals surface area contributed by atoms with Crippen molar-refractivity contribution in [3.05, 3.63) is 57.5 Å². The Morgan fingerprint density at radius 1 is 1.20 bits per heavy atom. The normalized spacial score (nSPS) is 15.6. The lowest BCUT2D eigenvalue weighted by Crippen LogP contribution is -2.25. The first-order chi connectivity index (χ1) is 14.4. The van der Waals surface area contributed by atoms with E-state index in [0.29, 0.717) is 22.9 Å². The molecular formula is C19H17F2N5O4. The maximum absolute atomic E-state index is 12.6. The molecule has 0 radical (unpaired) electrons. The zero-order valence-electron chi connectivity index (χ0n) is 16.0. The lowest BCUT2D eigenvalue weighted by molar-refractivity contribution is -0.116. The molecule has 2 N–H and O–H groups in total. The fourth-order valence-electron chi connectivity index (χ4n) is 3.55. The zero-order chi connectivity index (χ0) is 21.4. The molecule has 0 fully saturated rings. The number of amides is 1. The summed E-state index contributed by atoms with van der Waals surface area (Å²) in [5.41, 5.74) is 1.72. The van der Waals surface area contributed by atoms with E-state index in [9.17, 15) is 18.4 Å². The average molecular weight is 417 g/mol. The number of methoxy groups -OCH3 is 1. The van der Waals surface area contributed by atoms with Gasteiger partial charge in [0.1, 0.15) is 5.82 Å². The molecule has 3 aromatic rings. The Labute approximate surface area is 168 Å². The topological polar surface area (TPSA) is 111 Å². The number of alkyl halides is 2. The van der Waals surface area contributed by atoms with Crippen LogP contribution in [0.1, 0.15) is 29.2 Å². The van der Waals surface area contributed by atoms with Crippen molar-refractivity contribution in [2.75, 3.05) is 12.4 Å². The number of aromatic amines is 1. The summed E-state index contributed by atoms with van der Waals surface area (Å²) in [6, 6.07) is 7.36. The second kappa shape index (κ2) is 7.58. The Balaban J connectivity index is 1.80. The fourth-order valence-corrected chi connectivity index (χ4v) is 3.55. The Hall–Kier alpha value is -3.76. The molecule has 1 aromatic carbocycles. The molecule has 156 valence electrons. The highest BCUT2D eigenvalue weighted by Gasteiger charge is 2.33. The van der Waals surface area contributed by atoms with Crippen LogP contribution in [-0.4, -0.2) is 39.6 Å². The Bertz CT molecular complexity index is 1150. The van der Waals surface area contributed by atoms with Gasteiger partial charge < -0.3 is 14.8 Å². The van der Waals surface area contributed by atoms with Gasteiger partial charge in [-0.3, -0.25) is 9.59 Å². The number of hydrogen-bond donors (Lipinski definition) is 2. The van der Waals surface area contributed by atoms with E-state index in [1.807, 2.05) is 0 Å². The number of nitrogens with zero attached hydrogens (tertiary/aromatic N) is 3. The minimum atomic E-state index is -2.98. The summed E-state index contributed by atoms with van der Waals surface area (Å²) in [6.45, 7) is -1.20. The number of aryl methyl sites for hydroxylation is 1. The molecule has 30 heavy (non-hydrogen) atoms. The predicted molar refractivity (Wildman–Crippen MR) is 101 cm³/mol. The molecule has 9 nitrogen and oxygen atoms in total. The molecule has 0 aliphatic carbocycles. The highest BCUT2D eigenvalue weighted by molar-refractivity contribution is 5.95. The van der Waals surface area contributed by atoms with Gasteiger partial charge in [0.2, 0.25) is 5.91 Å². The Morgan fingerprint density at radius 2 is 2.00 bits per heavy atom. The van der Waals surface area contributed by atoms with Crippen LogP contribution in [0.2, 0.25) is 0 Å². The summed E-state index contributed by atoms with van der Waals surface area (Å²) in [5, 5.41) is 13.6. The molecule has 0 spiro atoms. The van der Waals surface area contributed by atoms with Crippen LogP contribution in [0.4, 0.5) is 14.6 Å². The summed E-state index contributed by atoms with van der Waals surface area (Å²) in [5.74, 6) is 0.164. The molecule has 1 aliphatic rings. The van der Waals surface area contributed by atoms with Crippen LogP contribution in [0.3, 0.4) is 0 Å². The summed E-state index contributed by atoms with van der Waals surface area (Å²) >= 11 is 0. The molecule has 0 unspecified atom stereocenters. The molecule has 0 saturated carbocycles. The van der Waals surface area contributed by atoms with Crippen LogP contribution in [0, 0.1) is 6.92 Å². The molecule has 3 heterocycles. The fraction of sp³-hybridized carbons (Fsp3) is 0.263. The predicted octanol–water partition coefficient (Wildman–Crippen LogP) is 2.35. The lowest BCUT2D eigenvalue weighted by atomic mass is 9.85. The molecule has 1 atom stereocenters. The van der Waals surface area contributed by atoms with E-state index < -0.39 is 6.61 Å². The number of hydrogen-bond acceptors (Lipinski definition) is 6. The van der Waals surface area contributed by atoms with Gasteiger partial charge in [-0.2, -0.15) is 23.7 Å². The van der Waals surface area contributed by atoms with Gasteiger partial charge in [0.05, 0.1) is 12.8 Å². The van der Waals surface area contributed by atoms with E-state index in [1.54, 1.807) is 19.1 Å². The molecule has 11 heteroatoms. The number of carbonyl (C=O) groups is 1. The summed E-state index contributed by atoms with van der Waals surface area (Å²) < 4.78 is 36.3. The van der Waals surface area contributed by atoms with Crippen molar-refractivity contribution in [3.63, 3.8) is 0 Å². The molecule has 0 bridgehead atoms. The second-order valence-corrected chi connectivity index (χ2v) is 6.63. The minimum absolute atomic E-state index is 0.0957. The van der Waals surface area contributed by atoms with E-state index in [1.165, 1.54) is 30.0 Å². The van der Waals surface area contributed by atoms with Crippen molar-refractivity contribution in [2.45, 2.75) is 25.9 Å². The van der Waals surface area contributed by atoms with Crippen molar-refractivity contribution >= 4 is 11.7 Å². The van der Waals surface area contributed by atoms with Gasteiger partial charge in [-0.05, 0) is 30.7 Å². The number of anilines is 1. The van der Waals surface area contributed by atoms with Crippen molar-refractivity contribution in [1.29, 1.82) is 0 Å². The largest absolute Gasteiger partial charge is 0.493 e. The maximum Gasteiger partial charge on any atom is 0.387 e. The number of ether oxygens (including phenoxy) is 2. The first-order valence-corrected chi connectivity index (χ1v) is 8.95.